The number of hydrogen-bond donors (Lipinski definition) is 5. The molecule has 5 amide bonds. The van der Waals surface area contributed by atoms with Crippen molar-refractivity contribution >= 4 is 53.6 Å². The summed E-state index contributed by atoms with van der Waals surface area (Å²) in [6.45, 7) is 5.84. The fourth-order valence-corrected chi connectivity index (χ4v) is 6.56. The SMILES string of the molecule is CCCCCC(C(=O)NCNC(=O)c1ccc(-c2ccc(C(=O)NC(CC(=O)O)C(=O)O)c(OCC)c2)o1)C(CC)N(C=O)OC(=O)c1ccc(N2CCCC2=O)cc1. The number of unbranched alkanes of at least 4 members (excludes halogenated alkanes) is 2. The molecule has 0 radical (unpaired) electrons. The van der Waals surface area contributed by atoms with Crippen LogP contribution in [0, 0.1) is 5.92 Å². The quantitative estimate of drug-likeness (QED) is 0.0391. The van der Waals surface area contributed by atoms with Crippen molar-refractivity contribution in [3.63, 3.8) is 0 Å². The van der Waals surface area contributed by atoms with Crippen molar-refractivity contribution in [1.29, 1.82) is 0 Å². The lowest BCUT2D eigenvalue weighted by molar-refractivity contribution is -0.171. The number of rotatable bonds is 23. The van der Waals surface area contributed by atoms with Crippen molar-refractivity contribution < 1.29 is 62.6 Å². The van der Waals surface area contributed by atoms with Crippen LogP contribution in [0.1, 0.15) is 103 Å². The highest BCUT2D eigenvalue weighted by Gasteiger charge is 2.34. The molecule has 18 heteroatoms. The predicted molar refractivity (Wildman–Crippen MR) is 210 cm³/mol. The number of carbonyl (C=O) groups excluding carboxylic acids is 6. The van der Waals surface area contributed by atoms with Gasteiger partial charge < -0.3 is 45.1 Å². The number of hydrogen-bond acceptors (Lipinski definition) is 11. The minimum atomic E-state index is -1.68. The highest BCUT2D eigenvalue weighted by Crippen LogP contribution is 2.30. The third kappa shape index (κ3) is 12.1. The topological polar surface area (TPSA) is 251 Å². The van der Waals surface area contributed by atoms with Gasteiger partial charge in [0.15, 0.2) is 5.76 Å². The van der Waals surface area contributed by atoms with Gasteiger partial charge in [0, 0.05) is 24.2 Å². The molecule has 0 saturated carbocycles. The zero-order valence-electron chi connectivity index (χ0n) is 33.1. The molecule has 0 bridgehead atoms. The first kappa shape index (κ1) is 45.0. The minimum Gasteiger partial charge on any atom is -0.493 e. The van der Waals surface area contributed by atoms with Crippen LogP contribution in [-0.2, 0) is 28.8 Å². The van der Waals surface area contributed by atoms with Gasteiger partial charge in [0.05, 0.1) is 42.8 Å². The van der Waals surface area contributed by atoms with Gasteiger partial charge >= 0.3 is 17.9 Å². The van der Waals surface area contributed by atoms with E-state index in [-0.39, 0.29) is 54.0 Å². The van der Waals surface area contributed by atoms with Crippen molar-refractivity contribution in [3.05, 3.63) is 71.5 Å². The summed E-state index contributed by atoms with van der Waals surface area (Å²) >= 11 is 0. The molecular weight excluding hydrogens is 770 g/mol. The van der Waals surface area contributed by atoms with Crippen molar-refractivity contribution in [2.24, 2.45) is 5.92 Å². The first-order chi connectivity index (χ1) is 28.3. The van der Waals surface area contributed by atoms with Crippen LogP contribution in [0.15, 0.2) is 59.0 Å². The maximum atomic E-state index is 13.6. The van der Waals surface area contributed by atoms with Gasteiger partial charge in [-0.3, -0.25) is 28.8 Å². The van der Waals surface area contributed by atoms with Gasteiger partial charge in [0.25, 0.3) is 11.8 Å². The Balaban J connectivity index is 1.39. The molecule has 4 rings (SSSR count). The number of nitrogens with one attached hydrogen (secondary N) is 3. The van der Waals surface area contributed by atoms with E-state index in [1.807, 2.05) is 6.92 Å². The maximum absolute atomic E-state index is 13.6. The molecular formula is C41H49N5O13. The van der Waals surface area contributed by atoms with Crippen LogP contribution in [0.25, 0.3) is 11.3 Å². The number of carbonyl (C=O) groups is 8. The van der Waals surface area contributed by atoms with E-state index < -0.39 is 60.1 Å². The normalized spacial score (nSPS) is 13.7. The van der Waals surface area contributed by atoms with E-state index in [0.29, 0.717) is 43.5 Å². The average molecular weight is 820 g/mol. The lowest BCUT2D eigenvalue weighted by atomic mass is 9.90. The van der Waals surface area contributed by atoms with Crippen molar-refractivity contribution in [1.82, 2.24) is 21.0 Å². The van der Waals surface area contributed by atoms with E-state index in [0.717, 1.165) is 24.3 Å². The van der Waals surface area contributed by atoms with Gasteiger partial charge in [-0.1, -0.05) is 39.2 Å². The Morgan fingerprint density at radius 3 is 2.31 bits per heavy atom. The first-order valence-corrected chi connectivity index (χ1v) is 19.4. The lowest BCUT2D eigenvalue weighted by Crippen LogP contribution is -2.49. The fourth-order valence-electron chi connectivity index (χ4n) is 6.56. The number of carboxylic acid groups (broad SMARTS) is 2. The molecule has 0 spiro atoms. The second-order valence-electron chi connectivity index (χ2n) is 13.6. The van der Waals surface area contributed by atoms with Crippen LogP contribution in [0.3, 0.4) is 0 Å². The van der Waals surface area contributed by atoms with Crippen LogP contribution in [0.2, 0.25) is 0 Å². The molecule has 3 atom stereocenters. The second-order valence-corrected chi connectivity index (χ2v) is 13.6. The largest absolute Gasteiger partial charge is 0.493 e. The summed E-state index contributed by atoms with van der Waals surface area (Å²) in [6, 6.07) is 10.9. The molecule has 1 aliphatic rings. The molecule has 1 aromatic heterocycles. The smallest absolute Gasteiger partial charge is 0.363 e. The number of hydroxylamine groups is 2. The molecule has 1 saturated heterocycles. The Morgan fingerprint density at radius 1 is 0.949 bits per heavy atom. The van der Waals surface area contributed by atoms with E-state index in [1.165, 1.54) is 42.5 Å². The number of anilines is 1. The lowest BCUT2D eigenvalue weighted by Gasteiger charge is -2.31. The molecule has 1 aliphatic heterocycles. The number of amides is 5. The number of carboxylic acids is 2. The molecule has 0 aliphatic carbocycles. The molecule has 2 aromatic carbocycles. The maximum Gasteiger partial charge on any atom is 0.363 e. The van der Waals surface area contributed by atoms with Gasteiger partial charge in [-0.05, 0) is 74.7 Å². The van der Waals surface area contributed by atoms with Gasteiger partial charge in [0.1, 0.15) is 17.6 Å². The third-order valence-corrected chi connectivity index (χ3v) is 9.58. The molecule has 316 valence electrons. The number of aliphatic carboxylic acids is 2. The van der Waals surface area contributed by atoms with Crippen LogP contribution in [0.4, 0.5) is 5.69 Å². The van der Waals surface area contributed by atoms with Gasteiger partial charge in [0.2, 0.25) is 18.2 Å². The Labute approximate surface area is 340 Å². The molecule has 1 fully saturated rings. The number of ether oxygens (including phenoxy) is 1. The minimum absolute atomic E-state index is 0.000162. The van der Waals surface area contributed by atoms with Crippen LogP contribution in [-0.4, -0.2) is 95.1 Å². The Bertz CT molecular complexity index is 2000. The van der Waals surface area contributed by atoms with Crippen molar-refractivity contribution in [2.45, 2.75) is 84.2 Å². The Kier molecular flexibility index (Phi) is 16.6. The number of nitrogens with zero attached hydrogens (tertiary/aromatic N) is 2. The van der Waals surface area contributed by atoms with Crippen LogP contribution in [0.5, 0.6) is 5.75 Å². The Hall–Kier alpha value is -6.72. The predicted octanol–water partition coefficient (Wildman–Crippen LogP) is 4.14. The standard InChI is InChI=1S/C41H49N5O13/c1-4-7-8-10-28(31(5-2)46(24-47)59-41(56)25-12-15-27(16-13-25)45-20-9-11-35(45)48)37(51)42-23-43-39(53)33-19-18-32(58-33)26-14-17-29(34(21-26)57-6-3)38(52)44-30(40(54)55)22-36(49)50/h12-19,21,24,28,30-31H,4-11,20,22-23H2,1-3H3,(H,42,51)(H,43,53)(H,44,52)(H,49,50)(H,54,55). The summed E-state index contributed by atoms with van der Waals surface area (Å²) in [5, 5.41) is 26.6. The van der Waals surface area contributed by atoms with Gasteiger partial charge in [-0.2, -0.15) is 5.06 Å². The summed E-state index contributed by atoms with van der Waals surface area (Å²) in [5.74, 6) is -6.42. The van der Waals surface area contributed by atoms with Crippen LogP contribution < -0.4 is 25.6 Å². The van der Waals surface area contributed by atoms with E-state index in [9.17, 15) is 43.5 Å². The fraction of sp³-hybridized carbons (Fsp3) is 0.415. The number of benzene rings is 2. The summed E-state index contributed by atoms with van der Waals surface area (Å²) < 4.78 is 11.3. The third-order valence-electron chi connectivity index (χ3n) is 9.58. The molecule has 3 unspecified atom stereocenters. The molecule has 5 N–H and O–H groups in total. The van der Waals surface area contributed by atoms with Gasteiger partial charge in [-0.15, -0.1) is 0 Å². The monoisotopic (exact) mass is 819 g/mol. The number of furan rings is 1. The Morgan fingerprint density at radius 2 is 1.69 bits per heavy atom. The zero-order chi connectivity index (χ0) is 43.1. The average Bonchev–Trinajstić information content (AvgIpc) is 3.89. The van der Waals surface area contributed by atoms with Crippen LogP contribution >= 0.6 is 0 Å². The van der Waals surface area contributed by atoms with Crippen molar-refractivity contribution in [2.75, 3.05) is 24.7 Å². The second kappa shape index (κ2) is 21.7. The molecule has 59 heavy (non-hydrogen) atoms. The summed E-state index contributed by atoms with van der Waals surface area (Å²) in [7, 11) is 0. The van der Waals surface area contributed by atoms with E-state index in [2.05, 4.69) is 16.0 Å². The molecule has 3 aromatic rings. The van der Waals surface area contributed by atoms with E-state index >= 15 is 0 Å². The molecule has 2 heterocycles. The van der Waals surface area contributed by atoms with E-state index in [4.69, 9.17) is 19.1 Å². The summed E-state index contributed by atoms with van der Waals surface area (Å²) in [6.07, 6.45) is 3.68. The summed E-state index contributed by atoms with van der Waals surface area (Å²) in [5.41, 5.74) is 1.14. The first-order valence-electron chi connectivity index (χ1n) is 19.4. The highest BCUT2D eigenvalue weighted by molar-refractivity contribution is 6.00. The zero-order valence-corrected chi connectivity index (χ0v) is 33.1. The van der Waals surface area contributed by atoms with E-state index in [1.54, 1.807) is 30.9 Å². The molecule has 18 nitrogen and oxygen atoms in total. The van der Waals surface area contributed by atoms with Gasteiger partial charge in [-0.25, -0.2) is 9.59 Å². The summed E-state index contributed by atoms with van der Waals surface area (Å²) in [4.78, 5) is 107. The van der Waals surface area contributed by atoms with Crippen molar-refractivity contribution in [3.8, 4) is 17.1 Å². The highest BCUT2D eigenvalue weighted by atomic mass is 16.7.